The van der Waals surface area contributed by atoms with Crippen molar-refractivity contribution >= 4 is 5.91 Å². The molecule has 1 aromatic heterocycles. The fourth-order valence-corrected chi connectivity index (χ4v) is 1.77. The summed E-state index contributed by atoms with van der Waals surface area (Å²) in [5, 5.41) is 3.66. The molecule has 0 saturated carbocycles. The Morgan fingerprint density at radius 2 is 2.05 bits per heavy atom. The third-order valence-corrected chi connectivity index (χ3v) is 2.75. The van der Waals surface area contributed by atoms with E-state index in [0.717, 1.165) is 5.56 Å². The normalized spacial score (nSPS) is 10.7. The Kier molecular flexibility index (Phi) is 4.52. The van der Waals surface area contributed by atoms with Crippen molar-refractivity contribution in [1.82, 2.24) is 10.1 Å². The van der Waals surface area contributed by atoms with Crippen LogP contribution in [0.2, 0.25) is 0 Å². The summed E-state index contributed by atoms with van der Waals surface area (Å²) in [5.41, 5.74) is 1.41. The maximum absolute atomic E-state index is 12.0. The largest absolute Gasteiger partial charge is 0.435 e. The van der Waals surface area contributed by atoms with Gasteiger partial charge < -0.3 is 14.2 Å². The molecule has 0 radical (unpaired) electrons. The first-order valence-electron chi connectivity index (χ1n) is 6.18. The molecule has 0 aliphatic rings. The van der Waals surface area contributed by atoms with Crippen molar-refractivity contribution in [3.05, 3.63) is 47.3 Å². The van der Waals surface area contributed by atoms with E-state index < -0.39 is 6.61 Å². The van der Waals surface area contributed by atoms with Crippen molar-refractivity contribution in [2.45, 2.75) is 20.1 Å². The van der Waals surface area contributed by atoms with Crippen LogP contribution in [0.1, 0.15) is 21.8 Å². The monoisotopic (exact) mass is 296 g/mol. The molecule has 21 heavy (non-hydrogen) atoms. The van der Waals surface area contributed by atoms with Gasteiger partial charge in [-0.3, -0.25) is 4.79 Å². The second kappa shape index (κ2) is 6.34. The predicted octanol–water partition coefficient (Wildman–Crippen LogP) is 2.86. The van der Waals surface area contributed by atoms with E-state index in [9.17, 15) is 13.6 Å². The molecule has 0 aliphatic carbocycles. The molecule has 0 fully saturated rings. The van der Waals surface area contributed by atoms with Gasteiger partial charge in [0, 0.05) is 19.7 Å². The number of rotatable bonds is 5. The number of aryl methyl sites for hydroxylation is 1. The van der Waals surface area contributed by atoms with Gasteiger partial charge in [-0.15, -0.1) is 0 Å². The van der Waals surface area contributed by atoms with E-state index in [1.54, 1.807) is 32.2 Å². The Morgan fingerprint density at radius 1 is 1.38 bits per heavy atom. The van der Waals surface area contributed by atoms with Crippen molar-refractivity contribution < 1.29 is 22.8 Å². The van der Waals surface area contributed by atoms with Gasteiger partial charge >= 0.3 is 6.61 Å². The number of alkyl halides is 2. The van der Waals surface area contributed by atoms with E-state index in [-0.39, 0.29) is 17.4 Å². The van der Waals surface area contributed by atoms with Gasteiger partial charge in [-0.05, 0) is 24.6 Å². The molecule has 0 aliphatic heterocycles. The number of carbonyl (C=O) groups excluding carboxylic acids is 1. The van der Waals surface area contributed by atoms with Crippen molar-refractivity contribution in [3.63, 3.8) is 0 Å². The van der Waals surface area contributed by atoms with Crippen molar-refractivity contribution in [1.29, 1.82) is 0 Å². The summed E-state index contributed by atoms with van der Waals surface area (Å²) < 4.78 is 33.2. The number of benzene rings is 1. The number of hydrogen-bond acceptors (Lipinski definition) is 4. The summed E-state index contributed by atoms with van der Waals surface area (Å²) in [7, 11) is 1.61. The highest BCUT2D eigenvalue weighted by atomic mass is 19.3. The van der Waals surface area contributed by atoms with Crippen LogP contribution in [0, 0.1) is 6.92 Å². The smallest absolute Gasteiger partial charge is 0.387 e. The molecule has 1 heterocycles. The Morgan fingerprint density at radius 3 is 2.57 bits per heavy atom. The summed E-state index contributed by atoms with van der Waals surface area (Å²) in [4.78, 5) is 13.5. The third-order valence-electron chi connectivity index (χ3n) is 2.75. The fraction of sp³-hybridized carbons (Fsp3) is 0.286. The van der Waals surface area contributed by atoms with Crippen LogP contribution in [-0.2, 0) is 6.54 Å². The SMILES string of the molecule is Cc1cc(C(=O)N(C)Cc2ccc(OC(F)F)cc2)on1. The first-order valence-corrected chi connectivity index (χ1v) is 6.18. The lowest BCUT2D eigenvalue weighted by molar-refractivity contribution is -0.0498. The molecular formula is C14H14F2N2O3. The second-order valence-electron chi connectivity index (χ2n) is 4.52. The van der Waals surface area contributed by atoms with Crippen LogP contribution in [0.5, 0.6) is 5.75 Å². The molecule has 0 bridgehead atoms. The van der Waals surface area contributed by atoms with Crippen LogP contribution in [0.4, 0.5) is 8.78 Å². The number of aromatic nitrogens is 1. The molecule has 7 heteroatoms. The predicted molar refractivity (Wildman–Crippen MR) is 70.1 cm³/mol. The van der Waals surface area contributed by atoms with Crippen molar-refractivity contribution in [3.8, 4) is 5.75 Å². The van der Waals surface area contributed by atoms with Gasteiger partial charge in [-0.25, -0.2) is 0 Å². The molecule has 0 atom stereocenters. The van der Waals surface area contributed by atoms with E-state index >= 15 is 0 Å². The average Bonchev–Trinajstić information content (AvgIpc) is 2.86. The van der Waals surface area contributed by atoms with E-state index in [0.29, 0.717) is 12.2 Å². The minimum absolute atomic E-state index is 0.0774. The summed E-state index contributed by atoms with van der Waals surface area (Å²) in [5.74, 6) is -0.0650. The molecule has 0 unspecified atom stereocenters. The number of ether oxygens (including phenoxy) is 1. The molecule has 1 amide bonds. The quantitative estimate of drug-likeness (QED) is 0.851. The highest BCUT2D eigenvalue weighted by Gasteiger charge is 2.16. The zero-order valence-corrected chi connectivity index (χ0v) is 11.5. The number of carbonyl (C=O) groups is 1. The highest BCUT2D eigenvalue weighted by molar-refractivity contribution is 5.91. The molecular weight excluding hydrogens is 282 g/mol. The Hall–Kier alpha value is -2.44. The van der Waals surface area contributed by atoms with Crippen molar-refractivity contribution in [2.24, 2.45) is 0 Å². The fourth-order valence-electron chi connectivity index (χ4n) is 1.77. The zero-order valence-electron chi connectivity index (χ0n) is 11.5. The maximum Gasteiger partial charge on any atom is 0.387 e. The van der Waals surface area contributed by atoms with E-state index in [4.69, 9.17) is 4.52 Å². The number of nitrogens with zero attached hydrogens (tertiary/aromatic N) is 2. The standard InChI is InChI=1S/C14H14F2N2O3/c1-9-7-12(21-17-9)13(19)18(2)8-10-3-5-11(6-4-10)20-14(15)16/h3-7,14H,8H2,1-2H3. The third kappa shape index (κ3) is 4.01. The molecule has 0 spiro atoms. The molecule has 2 rings (SSSR count). The van der Waals surface area contributed by atoms with Gasteiger partial charge in [0.15, 0.2) is 0 Å². The lowest BCUT2D eigenvalue weighted by Gasteiger charge is -2.15. The van der Waals surface area contributed by atoms with E-state index in [1.165, 1.54) is 17.0 Å². The van der Waals surface area contributed by atoms with Crippen LogP contribution in [-0.4, -0.2) is 29.6 Å². The highest BCUT2D eigenvalue weighted by Crippen LogP contribution is 2.16. The van der Waals surface area contributed by atoms with Crippen LogP contribution in [0.25, 0.3) is 0 Å². The van der Waals surface area contributed by atoms with E-state index in [2.05, 4.69) is 9.89 Å². The number of hydrogen-bond donors (Lipinski definition) is 0. The zero-order chi connectivity index (χ0) is 15.4. The molecule has 112 valence electrons. The van der Waals surface area contributed by atoms with Crippen LogP contribution in [0.15, 0.2) is 34.9 Å². The van der Waals surface area contributed by atoms with Crippen LogP contribution in [0.3, 0.4) is 0 Å². The van der Waals surface area contributed by atoms with Gasteiger partial charge in [0.1, 0.15) is 5.75 Å². The summed E-state index contributed by atoms with van der Waals surface area (Å²) in [6.45, 7) is -0.815. The second-order valence-corrected chi connectivity index (χ2v) is 4.52. The first kappa shape index (κ1) is 15.0. The van der Waals surface area contributed by atoms with Gasteiger partial charge in [-0.2, -0.15) is 8.78 Å². The van der Waals surface area contributed by atoms with Crippen LogP contribution < -0.4 is 4.74 Å². The minimum Gasteiger partial charge on any atom is -0.435 e. The Balaban J connectivity index is 1.99. The summed E-state index contributed by atoms with van der Waals surface area (Å²) in [6.07, 6.45) is 0. The van der Waals surface area contributed by atoms with Gasteiger partial charge in [0.05, 0.1) is 5.69 Å². The average molecular weight is 296 g/mol. The van der Waals surface area contributed by atoms with Crippen molar-refractivity contribution in [2.75, 3.05) is 7.05 Å². The Bertz CT molecular complexity index is 611. The maximum atomic E-state index is 12.0. The molecule has 5 nitrogen and oxygen atoms in total. The number of amides is 1. The minimum atomic E-state index is -2.85. The lowest BCUT2D eigenvalue weighted by Crippen LogP contribution is -2.25. The first-order chi connectivity index (χ1) is 9.95. The van der Waals surface area contributed by atoms with E-state index in [1.807, 2.05) is 0 Å². The number of halogens is 2. The van der Waals surface area contributed by atoms with Gasteiger partial charge in [-0.1, -0.05) is 17.3 Å². The van der Waals surface area contributed by atoms with Gasteiger partial charge in [0.25, 0.3) is 5.91 Å². The lowest BCUT2D eigenvalue weighted by atomic mass is 10.2. The topological polar surface area (TPSA) is 55.6 Å². The van der Waals surface area contributed by atoms with Gasteiger partial charge in [0.2, 0.25) is 5.76 Å². The molecule has 0 saturated heterocycles. The molecule has 1 aromatic carbocycles. The molecule has 0 N–H and O–H groups in total. The van der Waals surface area contributed by atoms with Crippen LogP contribution >= 0.6 is 0 Å². The summed E-state index contributed by atoms with van der Waals surface area (Å²) >= 11 is 0. The summed E-state index contributed by atoms with van der Waals surface area (Å²) in [6, 6.07) is 7.65. The molecule has 2 aromatic rings. The Labute approximate surface area is 120 Å².